The van der Waals surface area contributed by atoms with Crippen molar-refractivity contribution >= 4 is 0 Å². The molecule has 1 heterocycles. The van der Waals surface area contributed by atoms with Crippen LogP contribution in [0.4, 0.5) is 0 Å². The standard InChI is InChI=1S/C10H18N2/c1-8-4-5-9(2)12(8)10(3)6-7-11/h4-5,10H,6-7,11H2,1-3H3. The van der Waals surface area contributed by atoms with Crippen molar-refractivity contribution in [2.24, 2.45) is 5.73 Å². The van der Waals surface area contributed by atoms with Crippen LogP contribution in [0.25, 0.3) is 0 Å². The predicted octanol–water partition coefficient (Wildman–Crippen LogP) is 2.01. The average Bonchev–Trinajstić information content (AvgIpc) is 2.32. The highest BCUT2D eigenvalue weighted by atomic mass is 15.0. The minimum Gasteiger partial charge on any atom is -0.346 e. The van der Waals surface area contributed by atoms with E-state index in [9.17, 15) is 0 Å². The van der Waals surface area contributed by atoms with E-state index < -0.39 is 0 Å². The molecule has 2 heteroatoms. The Hall–Kier alpha value is -0.760. The first kappa shape index (κ1) is 9.33. The third kappa shape index (κ3) is 1.69. The van der Waals surface area contributed by atoms with Crippen LogP contribution in [-0.4, -0.2) is 11.1 Å². The maximum absolute atomic E-state index is 5.52. The SMILES string of the molecule is Cc1ccc(C)n1C(C)CCN. The van der Waals surface area contributed by atoms with Gasteiger partial charge in [-0.1, -0.05) is 0 Å². The minimum atomic E-state index is 0.532. The van der Waals surface area contributed by atoms with E-state index in [-0.39, 0.29) is 0 Å². The molecule has 0 aromatic carbocycles. The van der Waals surface area contributed by atoms with Gasteiger partial charge in [0.1, 0.15) is 0 Å². The van der Waals surface area contributed by atoms with E-state index in [2.05, 4.69) is 37.5 Å². The van der Waals surface area contributed by atoms with Gasteiger partial charge in [0, 0.05) is 17.4 Å². The molecule has 1 aromatic rings. The fourth-order valence-corrected chi connectivity index (χ4v) is 1.75. The van der Waals surface area contributed by atoms with Gasteiger partial charge in [-0.15, -0.1) is 0 Å². The van der Waals surface area contributed by atoms with Crippen LogP contribution in [0.1, 0.15) is 30.8 Å². The van der Waals surface area contributed by atoms with Gasteiger partial charge in [-0.3, -0.25) is 0 Å². The molecule has 0 radical (unpaired) electrons. The molecule has 12 heavy (non-hydrogen) atoms. The van der Waals surface area contributed by atoms with Crippen LogP contribution < -0.4 is 5.73 Å². The topological polar surface area (TPSA) is 30.9 Å². The molecule has 0 aliphatic heterocycles. The summed E-state index contributed by atoms with van der Waals surface area (Å²) >= 11 is 0. The third-order valence-electron chi connectivity index (χ3n) is 2.35. The molecule has 68 valence electrons. The second kappa shape index (κ2) is 3.76. The molecule has 1 unspecified atom stereocenters. The summed E-state index contributed by atoms with van der Waals surface area (Å²) in [6, 6.07) is 4.84. The third-order valence-corrected chi connectivity index (χ3v) is 2.35. The maximum Gasteiger partial charge on any atom is 0.0319 e. The lowest BCUT2D eigenvalue weighted by Gasteiger charge is -2.17. The number of nitrogens with two attached hydrogens (primary N) is 1. The largest absolute Gasteiger partial charge is 0.346 e. The van der Waals surface area contributed by atoms with Crippen molar-refractivity contribution in [1.29, 1.82) is 0 Å². The molecule has 0 aliphatic carbocycles. The highest BCUT2D eigenvalue weighted by Gasteiger charge is 2.07. The number of aromatic nitrogens is 1. The number of aryl methyl sites for hydroxylation is 2. The highest BCUT2D eigenvalue weighted by Crippen LogP contribution is 2.17. The normalized spacial score (nSPS) is 13.3. The zero-order valence-corrected chi connectivity index (χ0v) is 8.17. The van der Waals surface area contributed by atoms with Gasteiger partial charge in [0.25, 0.3) is 0 Å². The van der Waals surface area contributed by atoms with E-state index in [1.54, 1.807) is 0 Å². The Bertz CT molecular complexity index is 231. The Morgan fingerprint density at radius 3 is 2.25 bits per heavy atom. The number of hydrogen-bond donors (Lipinski definition) is 1. The van der Waals surface area contributed by atoms with Gasteiger partial charge < -0.3 is 10.3 Å². The Morgan fingerprint density at radius 1 is 1.33 bits per heavy atom. The van der Waals surface area contributed by atoms with E-state index in [1.165, 1.54) is 11.4 Å². The van der Waals surface area contributed by atoms with Gasteiger partial charge in [-0.2, -0.15) is 0 Å². The first-order chi connectivity index (χ1) is 5.66. The van der Waals surface area contributed by atoms with E-state index in [4.69, 9.17) is 5.73 Å². The lowest BCUT2D eigenvalue weighted by molar-refractivity contribution is 0.497. The van der Waals surface area contributed by atoms with E-state index in [0.717, 1.165) is 13.0 Å². The second-order valence-electron chi connectivity index (χ2n) is 3.41. The van der Waals surface area contributed by atoms with Gasteiger partial charge >= 0.3 is 0 Å². The smallest absolute Gasteiger partial charge is 0.0319 e. The lowest BCUT2D eigenvalue weighted by atomic mass is 10.2. The summed E-state index contributed by atoms with van der Waals surface area (Å²) in [5, 5.41) is 0. The highest BCUT2D eigenvalue weighted by molar-refractivity contribution is 5.14. The van der Waals surface area contributed by atoms with Crippen LogP contribution in [0, 0.1) is 13.8 Å². The van der Waals surface area contributed by atoms with Crippen LogP contribution in [0.5, 0.6) is 0 Å². The molecule has 0 saturated carbocycles. The summed E-state index contributed by atoms with van der Waals surface area (Å²) in [6.45, 7) is 7.26. The summed E-state index contributed by atoms with van der Waals surface area (Å²) in [5.41, 5.74) is 8.18. The average molecular weight is 166 g/mol. The Morgan fingerprint density at radius 2 is 1.83 bits per heavy atom. The molecule has 0 aliphatic rings. The quantitative estimate of drug-likeness (QED) is 0.731. The molecule has 0 spiro atoms. The Balaban J connectivity index is 2.85. The van der Waals surface area contributed by atoms with Crippen molar-refractivity contribution in [3.63, 3.8) is 0 Å². The molecule has 0 fully saturated rings. The molecule has 2 N–H and O–H groups in total. The summed E-state index contributed by atoms with van der Waals surface area (Å²) in [5.74, 6) is 0. The summed E-state index contributed by atoms with van der Waals surface area (Å²) < 4.78 is 2.34. The van der Waals surface area contributed by atoms with Crippen LogP contribution in [0.2, 0.25) is 0 Å². The van der Waals surface area contributed by atoms with Gasteiger partial charge in [0.2, 0.25) is 0 Å². The zero-order valence-electron chi connectivity index (χ0n) is 8.17. The molecular formula is C10H18N2. The fourth-order valence-electron chi connectivity index (χ4n) is 1.75. The van der Waals surface area contributed by atoms with E-state index in [1.807, 2.05) is 0 Å². The molecule has 1 aromatic heterocycles. The van der Waals surface area contributed by atoms with E-state index in [0.29, 0.717) is 6.04 Å². The number of hydrogen-bond acceptors (Lipinski definition) is 1. The Kier molecular flexibility index (Phi) is 2.93. The van der Waals surface area contributed by atoms with Gasteiger partial charge in [0.15, 0.2) is 0 Å². The molecule has 0 bridgehead atoms. The first-order valence-corrected chi connectivity index (χ1v) is 4.51. The molecule has 2 nitrogen and oxygen atoms in total. The van der Waals surface area contributed by atoms with Crippen molar-refractivity contribution in [2.45, 2.75) is 33.2 Å². The first-order valence-electron chi connectivity index (χ1n) is 4.51. The van der Waals surface area contributed by atoms with Gasteiger partial charge in [0.05, 0.1) is 0 Å². The van der Waals surface area contributed by atoms with Crippen molar-refractivity contribution in [2.75, 3.05) is 6.54 Å². The van der Waals surface area contributed by atoms with Crippen LogP contribution >= 0.6 is 0 Å². The molecule has 1 atom stereocenters. The minimum absolute atomic E-state index is 0.532. The van der Waals surface area contributed by atoms with Crippen LogP contribution in [0.3, 0.4) is 0 Å². The molecular weight excluding hydrogens is 148 g/mol. The van der Waals surface area contributed by atoms with Gasteiger partial charge in [-0.05, 0) is 45.9 Å². The summed E-state index contributed by atoms with van der Waals surface area (Å²) in [7, 11) is 0. The monoisotopic (exact) mass is 166 g/mol. The fraction of sp³-hybridized carbons (Fsp3) is 0.600. The predicted molar refractivity (Wildman–Crippen MR) is 52.3 cm³/mol. The van der Waals surface area contributed by atoms with Crippen molar-refractivity contribution in [1.82, 2.24) is 4.57 Å². The number of rotatable bonds is 3. The van der Waals surface area contributed by atoms with Crippen molar-refractivity contribution < 1.29 is 0 Å². The summed E-state index contributed by atoms with van der Waals surface area (Å²) in [6.07, 6.45) is 1.05. The van der Waals surface area contributed by atoms with Crippen molar-refractivity contribution in [3.8, 4) is 0 Å². The summed E-state index contributed by atoms with van der Waals surface area (Å²) in [4.78, 5) is 0. The van der Waals surface area contributed by atoms with Crippen LogP contribution in [0.15, 0.2) is 12.1 Å². The van der Waals surface area contributed by atoms with Crippen molar-refractivity contribution in [3.05, 3.63) is 23.5 Å². The van der Waals surface area contributed by atoms with E-state index >= 15 is 0 Å². The Labute approximate surface area is 74.4 Å². The maximum atomic E-state index is 5.52. The molecule has 1 rings (SSSR count). The lowest BCUT2D eigenvalue weighted by Crippen LogP contribution is -2.13. The van der Waals surface area contributed by atoms with Gasteiger partial charge in [-0.25, -0.2) is 0 Å². The molecule has 0 amide bonds. The number of nitrogens with zero attached hydrogens (tertiary/aromatic N) is 1. The molecule has 0 saturated heterocycles. The van der Waals surface area contributed by atoms with Crippen LogP contribution in [-0.2, 0) is 0 Å². The zero-order chi connectivity index (χ0) is 9.14. The second-order valence-corrected chi connectivity index (χ2v) is 3.41.